The number of piperidine rings is 1. The molecule has 1 aromatic heterocycles. The van der Waals surface area contributed by atoms with Crippen molar-refractivity contribution in [1.29, 1.82) is 0 Å². The van der Waals surface area contributed by atoms with E-state index in [0.717, 1.165) is 41.9 Å². The van der Waals surface area contributed by atoms with Crippen molar-refractivity contribution in [3.05, 3.63) is 24.3 Å². The molecule has 1 N–H and O–H groups in total. The second kappa shape index (κ2) is 4.63. The van der Waals surface area contributed by atoms with Gasteiger partial charge in [-0.1, -0.05) is 26.0 Å². The monoisotopic (exact) mass is 243 g/mol. The highest BCUT2D eigenvalue weighted by molar-refractivity contribution is 5.77. The molecule has 0 unspecified atom stereocenters. The molecule has 3 heteroatoms. The second-order valence-electron chi connectivity index (χ2n) is 5.65. The summed E-state index contributed by atoms with van der Waals surface area (Å²) in [5.74, 6) is 2.73. The lowest BCUT2D eigenvalue weighted by molar-refractivity contribution is 0.310. The lowest BCUT2D eigenvalue weighted by Gasteiger charge is -2.33. The third kappa shape index (κ3) is 2.09. The van der Waals surface area contributed by atoms with Crippen molar-refractivity contribution in [1.82, 2.24) is 9.97 Å². The van der Waals surface area contributed by atoms with Gasteiger partial charge in [-0.3, -0.25) is 0 Å². The van der Waals surface area contributed by atoms with Gasteiger partial charge in [-0.25, -0.2) is 4.98 Å². The molecule has 3 rings (SSSR count). The van der Waals surface area contributed by atoms with Crippen LogP contribution in [0, 0.1) is 11.8 Å². The smallest absolute Gasteiger partial charge is 0.203 e. The molecule has 18 heavy (non-hydrogen) atoms. The average Bonchev–Trinajstić information content (AvgIpc) is 2.82. The predicted molar refractivity (Wildman–Crippen MR) is 75.9 cm³/mol. The summed E-state index contributed by atoms with van der Waals surface area (Å²) in [5.41, 5.74) is 2.21. The Kier molecular flexibility index (Phi) is 2.98. The Balaban J connectivity index is 1.76. The summed E-state index contributed by atoms with van der Waals surface area (Å²) in [6, 6.07) is 8.25. The first-order chi connectivity index (χ1) is 8.74. The van der Waals surface area contributed by atoms with Crippen molar-refractivity contribution in [3.63, 3.8) is 0 Å². The van der Waals surface area contributed by atoms with Crippen molar-refractivity contribution in [2.75, 3.05) is 18.0 Å². The predicted octanol–water partition coefficient (Wildman–Crippen LogP) is 3.44. The van der Waals surface area contributed by atoms with Crippen LogP contribution in [0.2, 0.25) is 0 Å². The molecule has 1 aliphatic heterocycles. The first kappa shape index (κ1) is 11.6. The number of rotatable bonds is 2. The van der Waals surface area contributed by atoms with Gasteiger partial charge in [0.1, 0.15) is 0 Å². The summed E-state index contributed by atoms with van der Waals surface area (Å²) in [6.45, 7) is 6.92. The molecule has 3 nitrogen and oxygen atoms in total. The number of aromatic nitrogens is 2. The quantitative estimate of drug-likeness (QED) is 0.876. The maximum Gasteiger partial charge on any atom is 0.203 e. The summed E-state index contributed by atoms with van der Waals surface area (Å²) >= 11 is 0. The van der Waals surface area contributed by atoms with Gasteiger partial charge in [0, 0.05) is 13.1 Å². The molecule has 2 aromatic rings. The van der Waals surface area contributed by atoms with Crippen LogP contribution in [0.3, 0.4) is 0 Å². The van der Waals surface area contributed by atoms with E-state index in [1.165, 1.54) is 12.8 Å². The highest BCUT2D eigenvalue weighted by atomic mass is 15.3. The lowest BCUT2D eigenvalue weighted by Crippen LogP contribution is -2.35. The SMILES string of the molecule is CC(C)C1CCN(c2nc3ccccc3[nH]2)CC1. The standard InChI is InChI=1S/C15H21N3/c1-11(2)12-7-9-18(10-8-12)15-16-13-5-3-4-6-14(13)17-15/h3-6,11-12H,7-10H2,1-2H3,(H,16,17). The third-order valence-corrected chi connectivity index (χ3v) is 4.16. The molecular formula is C15H21N3. The Morgan fingerprint density at radius 1 is 1.22 bits per heavy atom. The maximum atomic E-state index is 4.68. The van der Waals surface area contributed by atoms with Gasteiger partial charge in [0.05, 0.1) is 11.0 Å². The number of para-hydroxylation sites is 2. The minimum Gasteiger partial charge on any atom is -0.342 e. The molecule has 0 atom stereocenters. The fourth-order valence-corrected chi connectivity index (χ4v) is 2.87. The molecule has 0 radical (unpaired) electrons. The molecule has 96 valence electrons. The zero-order chi connectivity index (χ0) is 12.5. The van der Waals surface area contributed by atoms with Gasteiger partial charge in [-0.05, 0) is 36.8 Å². The number of benzene rings is 1. The molecule has 0 bridgehead atoms. The van der Waals surface area contributed by atoms with E-state index in [1.54, 1.807) is 0 Å². The molecule has 0 saturated carbocycles. The minimum atomic E-state index is 0.808. The number of imidazole rings is 1. The molecule has 1 aromatic carbocycles. The fourth-order valence-electron chi connectivity index (χ4n) is 2.87. The van der Waals surface area contributed by atoms with Crippen LogP contribution in [0.25, 0.3) is 11.0 Å². The second-order valence-corrected chi connectivity index (χ2v) is 5.65. The normalized spacial score (nSPS) is 17.8. The van der Waals surface area contributed by atoms with Crippen LogP contribution in [-0.2, 0) is 0 Å². The highest BCUT2D eigenvalue weighted by Crippen LogP contribution is 2.27. The van der Waals surface area contributed by atoms with Gasteiger partial charge in [0.2, 0.25) is 5.95 Å². The van der Waals surface area contributed by atoms with Crippen molar-refractivity contribution in [2.45, 2.75) is 26.7 Å². The Morgan fingerprint density at radius 3 is 2.61 bits per heavy atom. The zero-order valence-corrected chi connectivity index (χ0v) is 11.2. The third-order valence-electron chi connectivity index (χ3n) is 4.16. The molecule has 1 saturated heterocycles. The Morgan fingerprint density at radius 2 is 1.94 bits per heavy atom. The minimum absolute atomic E-state index is 0.808. The summed E-state index contributed by atoms with van der Waals surface area (Å²) in [4.78, 5) is 10.5. The number of nitrogens with one attached hydrogen (secondary N) is 1. The maximum absolute atomic E-state index is 4.68. The zero-order valence-electron chi connectivity index (χ0n) is 11.2. The number of hydrogen-bond donors (Lipinski definition) is 1. The van der Waals surface area contributed by atoms with E-state index in [9.17, 15) is 0 Å². The summed E-state index contributed by atoms with van der Waals surface area (Å²) in [7, 11) is 0. The number of hydrogen-bond acceptors (Lipinski definition) is 2. The molecule has 0 spiro atoms. The van der Waals surface area contributed by atoms with Gasteiger partial charge in [0.25, 0.3) is 0 Å². The van der Waals surface area contributed by atoms with Crippen LogP contribution in [-0.4, -0.2) is 23.1 Å². The van der Waals surface area contributed by atoms with E-state index in [1.807, 2.05) is 6.07 Å². The topological polar surface area (TPSA) is 31.9 Å². The van der Waals surface area contributed by atoms with Crippen molar-refractivity contribution in [3.8, 4) is 0 Å². The van der Waals surface area contributed by atoms with Crippen LogP contribution in [0.15, 0.2) is 24.3 Å². The van der Waals surface area contributed by atoms with Crippen LogP contribution in [0.5, 0.6) is 0 Å². The molecule has 1 fully saturated rings. The van der Waals surface area contributed by atoms with Crippen molar-refractivity contribution in [2.24, 2.45) is 11.8 Å². The Hall–Kier alpha value is -1.51. The van der Waals surface area contributed by atoms with Gasteiger partial charge < -0.3 is 9.88 Å². The summed E-state index contributed by atoms with van der Waals surface area (Å²) in [6.07, 6.45) is 2.57. The van der Waals surface area contributed by atoms with Gasteiger partial charge in [-0.15, -0.1) is 0 Å². The molecular weight excluding hydrogens is 222 g/mol. The van der Waals surface area contributed by atoms with Crippen LogP contribution in [0.1, 0.15) is 26.7 Å². The summed E-state index contributed by atoms with van der Waals surface area (Å²) in [5, 5.41) is 0. The molecule has 1 aliphatic rings. The number of fused-ring (bicyclic) bond motifs is 1. The molecule has 0 amide bonds. The lowest BCUT2D eigenvalue weighted by atomic mass is 9.87. The number of anilines is 1. The van der Waals surface area contributed by atoms with Crippen LogP contribution >= 0.6 is 0 Å². The fraction of sp³-hybridized carbons (Fsp3) is 0.533. The first-order valence-electron chi connectivity index (χ1n) is 6.94. The molecule has 2 heterocycles. The number of aromatic amines is 1. The number of nitrogens with zero attached hydrogens (tertiary/aromatic N) is 2. The van der Waals surface area contributed by atoms with E-state index >= 15 is 0 Å². The Labute approximate surface area is 108 Å². The largest absolute Gasteiger partial charge is 0.342 e. The van der Waals surface area contributed by atoms with E-state index < -0.39 is 0 Å². The Bertz CT molecular complexity index is 488. The van der Waals surface area contributed by atoms with Crippen molar-refractivity contribution >= 4 is 17.0 Å². The van der Waals surface area contributed by atoms with E-state index in [2.05, 4.69) is 46.9 Å². The van der Waals surface area contributed by atoms with Gasteiger partial charge in [-0.2, -0.15) is 0 Å². The van der Waals surface area contributed by atoms with E-state index in [-0.39, 0.29) is 0 Å². The van der Waals surface area contributed by atoms with Crippen LogP contribution < -0.4 is 4.90 Å². The average molecular weight is 243 g/mol. The van der Waals surface area contributed by atoms with E-state index in [0.29, 0.717) is 0 Å². The van der Waals surface area contributed by atoms with Gasteiger partial charge in [0.15, 0.2) is 0 Å². The van der Waals surface area contributed by atoms with Gasteiger partial charge >= 0.3 is 0 Å². The number of H-pyrrole nitrogens is 1. The van der Waals surface area contributed by atoms with Crippen LogP contribution in [0.4, 0.5) is 5.95 Å². The molecule has 0 aliphatic carbocycles. The van der Waals surface area contributed by atoms with E-state index in [4.69, 9.17) is 0 Å². The van der Waals surface area contributed by atoms with Crippen molar-refractivity contribution < 1.29 is 0 Å². The highest BCUT2D eigenvalue weighted by Gasteiger charge is 2.23. The summed E-state index contributed by atoms with van der Waals surface area (Å²) < 4.78 is 0. The first-order valence-corrected chi connectivity index (χ1v) is 6.94.